The highest BCUT2D eigenvalue weighted by Crippen LogP contribution is 2.32. The van der Waals surface area contributed by atoms with Gasteiger partial charge in [0.25, 0.3) is 5.91 Å². The molecule has 0 unspecified atom stereocenters. The van der Waals surface area contributed by atoms with Crippen LogP contribution in [0.3, 0.4) is 0 Å². The van der Waals surface area contributed by atoms with Crippen molar-refractivity contribution in [1.82, 2.24) is 0 Å². The molecule has 0 radical (unpaired) electrons. The first-order chi connectivity index (χ1) is 10.6. The first-order valence-corrected chi connectivity index (χ1v) is 7.57. The van der Waals surface area contributed by atoms with Crippen LogP contribution in [0.1, 0.15) is 27.2 Å². The van der Waals surface area contributed by atoms with Crippen molar-refractivity contribution in [1.29, 1.82) is 0 Å². The van der Waals surface area contributed by atoms with Crippen LogP contribution in [0.15, 0.2) is 36.4 Å². The number of amides is 1. The van der Waals surface area contributed by atoms with Gasteiger partial charge in [0.1, 0.15) is 11.4 Å². The van der Waals surface area contributed by atoms with Crippen LogP contribution in [0.5, 0.6) is 5.75 Å². The van der Waals surface area contributed by atoms with Crippen LogP contribution in [-0.4, -0.2) is 25.2 Å². The Morgan fingerprint density at radius 1 is 1.14 bits per heavy atom. The fraction of sp³-hybridized carbons (Fsp3) is 0.389. The van der Waals surface area contributed by atoms with E-state index in [1.54, 1.807) is 7.11 Å². The topological polar surface area (TPSA) is 47.6 Å². The summed E-state index contributed by atoms with van der Waals surface area (Å²) in [6, 6.07) is 11.6. The van der Waals surface area contributed by atoms with Crippen LogP contribution >= 0.6 is 0 Å². The molecule has 0 saturated heterocycles. The molecule has 2 aromatic rings. The number of carbonyl (C=O) groups excluding carboxylic acids is 1. The molecule has 0 saturated carbocycles. The maximum absolute atomic E-state index is 12.6. The van der Waals surface area contributed by atoms with E-state index < -0.39 is 5.60 Å². The molecular weight excluding hydrogens is 278 g/mol. The first kappa shape index (κ1) is 16.3. The zero-order valence-electron chi connectivity index (χ0n) is 13.6. The average molecular weight is 301 g/mol. The van der Waals surface area contributed by atoms with Gasteiger partial charge in [-0.2, -0.15) is 0 Å². The Morgan fingerprint density at radius 2 is 1.82 bits per heavy atom. The van der Waals surface area contributed by atoms with Gasteiger partial charge in [-0.15, -0.1) is 0 Å². The third-order valence-corrected chi connectivity index (χ3v) is 3.97. The van der Waals surface area contributed by atoms with Crippen LogP contribution in [0, 0.1) is 0 Å². The van der Waals surface area contributed by atoms with Crippen LogP contribution in [0.2, 0.25) is 0 Å². The summed E-state index contributed by atoms with van der Waals surface area (Å²) in [6.45, 7) is 6.16. The van der Waals surface area contributed by atoms with E-state index >= 15 is 0 Å². The Balaban J connectivity index is 2.38. The smallest absolute Gasteiger partial charge is 0.256 e. The lowest BCUT2D eigenvalue weighted by atomic mass is 10.0. The highest BCUT2D eigenvalue weighted by Gasteiger charge is 2.32. The Bertz CT molecular complexity index is 668. The van der Waals surface area contributed by atoms with E-state index in [0.29, 0.717) is 13.0 Å². The Labute approximate surface area is 131 Å². The number of rotatable bonds is 6. The summed E-state index contributed by atoms with van der Waals surface area (Å²) in [4.78, 5) is 12.6. The lowest BCUT2D eigenvalue weighted by Crippen LogP contribution is -2.42. The van der Waals surface area contributed by atoms with Gasteiger partial charge >= 0.3 is 0 Å². The molecule has 0 bridgehead atoms. The van der Waals surface area contributed by atoms with Crippen molar-refractivity contribution in [3.63, 3.8) is 0 Å². The minimum absolute atomic E-state index is 0.132. The molecule has 4 nitrogen and oxygen atoms in total. The van der Waals surface area contributed by atoms with E-state index in [1.807, 2.05) is 57.2 Å². The molecule has 2 aromatic carbocycles. The minimum atomic E-state index is -0.824. The summed E-state index contributed by atoms with van der Waals surface area (Å²) in [6.07, 6.45) is 0.612. The lowest BCUT2D eigenvalue weighted by Gasteiger charge is -2.27. The van der Waals surface area contributed by atoms with Gasteiger partial charge in [0.15, 0.2) is 0 Å². The number of fused-ring (bicyclic) bond motifs is 1. The second-order valence-electron chi connectivity index (χ2n) is 5.33. The molecular formula is C18H23NO3. The number of nitrogens with one attached hydrogen (secondary N) is 1. The highest BCUT2D eigenvalue weighted by atomic mass is 16.5. The van der Waals surface area contributed by atoms with Gasteiger partial charge < -0.3 is 14.8 Å². The quantitative estimate of drug-likeness (QED) is 0.877. The molecule has 0 aliphatic carbocycles. The SMILES string of the molecule is CCO[C@@](C)(CC)C(=O)Nc1ccc(OC)c2ccccc12. The normalized spacial score (nSPS) is 13.6. The second kappa shape index (κ2) is 6.79. The summed E-state index contributed by atoms with van der Waals surface area (Å²) >= 11 is 0. The van der Waals surface area contributed by atoms with E-state index in [4.69, 9.17) is 9.47 Å². The molecule has 1 atom stereocenters. The van der Waals surface area contributed by atoms with Gasteiger partial charge in [-0.05, 0) is 32.4 Å². The molecule has 118 valence electrons. The van der Waals surface area contributed by atoms with Crippen LogP contribution in [0.25, 0.3) is 10.8 Å². The molecule has 0 fully saturated rings. The molecule has 0 aromatic heterocycles. The number of carbonyl (C=O) groups is 1. The number of hydrogen-bond acceptors (Lipinski definition) is 3. The van der Waals surface area contributed by atoms with Crippen molar-refractivity contribution in [2.24, 2.45) is 0 Å². The third kappa shape index (κ3) is 3.07. The zero-order valence-corrected chi connectivity index (χ0v) is 13.6. The van der Waals surface area contributed by atoms with Gasteiger partial charge in [0.2, 0.25) is 0 Å². The Kier molecular flexibility index (Phi) is 5.03. The van der Waals surface area contributed by atoms with E-state index in [0.717, 1.165) is 22.2 Å². The largest absolute Gasteiger partial charge is 0.496 e. The Hall–Kier alpha value is -2.07. The predicted molar refractivity (Wildman–Crippen MR) is 89.5 cm³/mol. The summed E-state index contributed by atoms with van der Waals surface area (Å²) in [5.41, 5.74) is -0.0590. The van der Waals surface area contributed by atoms with E-state index in [2.05, 4.69) is 5.32 Å². The average Bonchev–Trinajstić information content (AvgIpc) is 2.55. The van der Waals surface area contributed by atoms with E-state index in [-0.39, 0.29) is 5.91 Å². The van der Waals surface area contributed by atoms with E-state index in [1.165, 1.54) is 0 Å². The van der Waals surface area contributed by atoms with Crippen molar-refractivity contribution in [2.75, 3.05) is 19.0 Å². The van der Waals surface area contributed by atoms with Crippen LogP contribution < -0.4 is 10.1 Å². The molecule has 0 spiro atoms. The van der Waals surface area contributed by atoms with Crippen molar-refractivity contribution in [3.05, 3.63) is 36.4 Å². The summed E-state index contributed by atoms with van der Waals surface area (Å²) in [5, 5.41) is 4.91. The van der Waals surface area contributed by atoms with Crippen LogP contribution in [-0.2, 0) is 9.53 Å². The molecule has 2 rings (SSSR count). The maximum atomic E-state index is 12.6. The lowest BCUT2D eigenvalue weighted by molar-refractivity contribution is -0.139. The second-order valence-corrected chi connectivity index (χ2v) is 5.33. The molecule has 1 N–H and O–H groups in total. The van der Waals surface area contributed by atoms with E-state index in [9.17, 15) is 4.79 Å². The predicted octanol–water partition coefficient (Wildman–Crippen LogP) is 3.99. The van der Waals surface area contributed by atoms with Gasteiger partial charge in [0.05, 0.1) is 7.11 Å². The molecule has 0 aliphatic rings. The fourth-order valence-electron chi connectivity index (χ4n) is 2.46. The van der Waals surface area contributed by atoms with Gasteiger partial charge in [-0.3, -0.25) is 4.79 Å². The van der Waals surface area contributed by atoms with Gasteiger partial charge in [-0.1, -0.05) is 31.2 Å². The highest BCUT2D eigenvalue weighted by molar-refractivity contribution is 6.06. The standard InChI is InChI=1S/C18H23NO3/c1-5-18(3,22-6-2)17(20)19-15-11-12-16(21-4)14-10-8-7-9-13(14)15/h7-12H,5-6H2,1-4H3,(H,19,20)/t18-/m0/s1. The van der Waals surface area contributed by atoms with Gasteiger partial charge in [0, 0.05) is 23.1 Å². The van der Waals surface area contributed by atoms with Crippen molar-refractivity contribution in [3.8, 4) is 5.75 Å². The van der Waals surface area contributed by atoms with Crippen LogP contribution in [0.4, 0.5) is 5.69 Å². The monoisotopic (exact) mass is 301 g/mol. The van der Waals surface area contributed by atoms with Crippen molar-refractivity contribution in [2.45, 2.75) is 32.8 Å². The summed E-state index contributed by atoms with van der Waals surface area (Å²) in [7, 11) is 1.64. The number of ether oxygens (including phenoxy) is 2. The molecule has 1 amide bonds. The third-order valence-electron chi connectivity index (χ3n) is 3.97. The number of anilines is 1. The van der Waals surface area contributed by atoms with Gasteiger partial charge in [-0.25, -0.2) is 0 Å². The van der Waals surface area contributed by atoms with Crippen molar-refractivity contribution < 1.29 is 14.3 Å². The molecule has 0 aliphatic heterocycles. The maximum Gasteiger partial charge on any atom is 0.256 e. The van der Waals surface area contributed by atoms with Crippen molar-refractivity contribution >= 4 is 22.4 Å². The summed E-state index contributed by atoms with van der Waals surface area (Å²) < 4.78 is 11.0. The number of benzene rings is 2. The first-order valence-electron chi connectivity index (χ1n) is 7.57. The fourth-order valence-corrected chi connectivity index (χ4v) is 2.46. The minimum Gasteiger partial charge on any atom is -0.496 e. The molecule has 22 heavy (non-hydrogen) atoms. The Morgan fingerprint density at radius 3 is 2.41 bits per heavy atom. The molecule has 0 heterocycles. The summed E-state index contributed by atoms with van der Waals surface area (Å²) in [5.74, 6) is 0.656. The number of methoxy groups -OCH3 is 1. The number of hydrogen-bond donors (Lipinski definition) is 1. The zero-order chi connectivity index (χ0) is 16.2. The molecule has 4 heteroatoms.